The first-order chi connectivity index (χ1) is 10.7. The minimum atomic E-state index is -0.653. The molecule has 0 saturated carbocycles. The predicted molar refractivity (Wildman–Crippen MR) is 96.3 cm³/mol. The fraction of sp³-hybridized carbons (Fsp3) is 0.950. The minimum absolute atomic E-state index is 0.345. The van der Waals surface area contributed by atoms with Gasteiger partial charge in [-0.1, -0.05) is 104 Å². The lowest BCUT2D eigenvalue weighted by atomic mass is 9.99. The molecule has 22 heavy (non-hydrogen) atoms. The molecule has 0 aliphatic rings. The highest BCUT2D eigenvalue weighted by atomic mass is 16.4. The van der Waals surface area contributed by atoms with E-state index >= 15 is 0 Å². The Labute approximate surface area is 139 Å². The molecular weight excluding hydrogens is 272 g/mol. The molecule has 0 heterocycles. The molecule has 0 amide bonds. The van der Waals surface area contributed by atoms with Gasteiger partial charge in [0.2, 0.25) is 0 Å². The van der Waals surface area contributed by atoms with Gasteiger partial charge in [0.1, 0.15) is 0 Å². The third-order valence-electron chi connectivity index (χ3n) is 4.78. The van der Waals surface area contributed by atoms with Gasteiger partial charge in [-0.2, -0.15) is 0 Å². The van der Waals surface area contributed by atoms with Crippen LogP contribution in [0.4, 0.5) is 0 Å². The quantitative estimate of drug-likeness (QED) is 0.294. The van der Waals surface area contributed by atoms with E-state index in [1.165, 1.54) is 83.5 Å². The molecule has 132 valence electrons. The number of unbranched alkanes of at least 4 members (excludes halogenated alkanes) is 12. The van der Waals surface area contributed by atoms with Crippen molar-refractivity contribution >= 4 is 5.97 Å². The van der Waals surface area contributed by atoms with E-state index < -0.39 is 5.97 Å². The first-order valence-corrected chi connectivity index (χ1v) is 9.88. The fourth-order valence-corrected chi connectivity index (χ4v) is 2.92. The first-order valence-electron chi connectivity index (χ1n) is 9.88. The summed E-state index contributed by atoms with van der Waals surface area (Å²) in [5.74, 6) is 0.268. The standard InChI is InChI=1S/C20H40O2/c1-3-19(2)17-15-13-11-9-7-5-4-6-8-10-12-14-16-18-20(21)22/h19H,3-18H2,1-2H3,(H,21,22)/t19-/m0/s1. The molecule has 0 rings (SSSR count). The molecule has 0 aromatic rings. The van der Waals surface area contributed by atoms with Crippen LogP contribution in [0, 0.1) is 5.92 Å². The van der Waals surface area contributed by atoms with E-state index in [1.54, 1.807) is 0 Å². The number of hydrogen-bond acceptors (Lipinski definition) is 1. The van der Waals surface area contributed by atoms with Crippen molar-refractivity contribution in [2.45, 2.75) is 117 Å². The number of carboxylic acid groups (broad SMARTS) is 1. The van der Waals surface area contributed by atoms with Crippen LogP contribution in [0.3, 0.4) is 0 Å². The predicted octanol–water partition coefficient (Wildman–Crippen LogP) is 6.97. The average Bonchev–Trinajstić information content (AvgIpc) is 2.50. The topological polar surface area (TPSA) is 37.3 Å². The molecule has 0 aromatic heterocycles. The molecule has 1 atom stereocenters. The van der Waals surface area contributed by atoms with Gasteiger partial charge in [0.05, 0.1) is 0 Å². The summed E-state index contributed by atoms with van der Waals surface area (Å²) in [6, 6.07) is 0. The molecule has 0 aliphatic carbocycles. The van der Waals surface area contributed by atoms with Gasteiger partial charge in [0.25, 0.3) is 0 Å². The lowest BCUT2D eigenvalue weighted by Gasteiger charge is -2.07. The highest BCUT2D eigenvalue weighted by molar-refractivity contribution is 5.66. The van der Waals surface area contributed by atoms with Crippen LogP contribution in [0.1, 0.15) is 117 Å². The molecule has 2 nitrogen and oxygen atoms in total. The maximum Gasteiger partial charge on any atom is 0.303 e. The molecular formula is C20H40O2. The van der Waals surface area contributed by atoms with Crippen molar-refractivity contribution in [3.05, 3.63) is 0 Å². The van der Waals surface area contributed by atoms with Crippen molar-refractivity contribution in [1.82, 2.24) is 0 Å². The smallest absolute Gasteiger partial charge is 0.303 e. The number of rotatable bonds is 17. The van der Waals surface area contributed by atoms with E-state index in [0.717, 1.165) is 18.8 Å². The van der Waals surface area contributed by atoms with Crippen LogP contribution < -0.4 is 0 Å². The maximum atomic E-state index is 10.4. The monoisotopic (exact) mass is 312 g/mol. The van der Waals surface area contributed by atoms with E-state index in [9.17, 15) is 4.79 Å². The van der Waals surface area contributed by atoms with Crippen molar-refractivity contribution in [1.29, 1.82) is 0 Å². The summed E-state index contributed by atoms with van der Waals surface area (Å²) in [6.07, 6.45) is 20.2. The van der Waals surface area contributed by atoms with Crippen LogP contribution in [0.25, 0.3) is 0 Å². The van der Waals surface area contributed by atoms with Gasteiger partial charge in [-0.05, 0) is 12.3 Å². The molecule has 0 radical (unpaired) electrons. The van der Waals surface area contributed by atoms with E-state index in [0.29, 0.717) is 6.42 Å². The SMILES string of the molecule is CC[C@H](C)CCCCCCCCCCCCCCCC(=O)O. The molecule has 0 bridgehead atoms. The van der Waals surface area contributed by atoms with Crippen molar-refractivity contribution in [2.75, 3.05) is 0 Å². The Morgan fingerprint density at radius 1 is 0.727 bits per heavy atom. The maximum absolute atomic E-state index is 10.4. The van der Waals surface area contributed by atoms with Gasteiger partial charge in [0.15, 0.2) is 0 Å². The van der Waals surface area contributed by atoms with E-state index in [-0.39, 0.29) is 0 Å². The zero-order chi connectivity index (χ0) is 16.5. The van der Waals surface area contributed by atoms with E-state index in [4.69, 9.17) is 5.11 Å². The Balaban J connectivity index is 3.01. The molecule has 0 aromatic carbocycles. The lowest BCUT2D eigenvalue weighted by Crippen LogP contribution is -1.93. The highest BCUT2D eigenvalue weighted by Crippen LogP contribution is 2.15. The largest absolute Gasteiger partial charge is 0.481 e. The number of aliphatic carboxylic acids is 1. The molecule has 0 spiro atoms. The summed E-state index contributed by atoms with van der Waals surface area (Å²) in [6.45, 7) is 4.66. The average molecular weight is 313 g/mol. The molecule has 0 unspecified atom stereocenters. The summed E-state index contributed by atoms with van der Waals surface area (Å²) in [7, 11) is 0. The van der Waals surface area contributed by atoms with E-state index in [2.05, 4.69) is 13.8 Å². The highest BCUT2D eigenvalue weighted by Gasteiger charge is 1.99. The summed E-state index contributed by atoms with van der Waals surface area (Å²) in [5, 5.41) is 8.54. The lowest BCUT2D eigenvalue weighted by molar-refractivity contribution is -0.137. The Kier molecular flexibility index (Phi) is 16.4. The number of carbonyl (C=O) groups is 1. The fourth-order valence-electron chi connectivity index (χ4n) is 2.92. The minimum Gasteiger partial charge on any atom is -0.481 e. The van der Waals surface area contributed by atoms with Gasteiger partial charge in [-0.25, -0.2) is 0 Å². The van der Waals surface area contributed by atoms with Gasteiger partial charge in [0, 0.05) is 6.42 Å². The van der Waals surface area contributed by atoms with Crippen molar-refractivity contribution < 1.29 is 9.90 Å². The Morgan fingerprint density at radius 2 is 1.09 bits per heavy atom. The Hall–Kier alpha value is -0.530. The third-order valence-corrected chi connectivity index (χ3v) is 4.78. The van der Waals surface area contributed by atoms with Gasteiger partial charge < -0.3 is 5.11 Å². The van der Waals surface area contributed by atoms with Gasteiger partial charge >= 0.3 is 5.97 Å². The van der Waals surface area contributed by atoms with Crippen LogP contribution in [-0.4, -0.2) is 11.1 Å². The Bertz CT molecular complexity index is 238. The third kappa shape index (κ3) is 17.5. The summed E-state index contributed by atoms with van der Waals surface area (Å²) < 4.78 is 0. The second-order valence-corrected chi connectivity index (χ2v) is 7.04. The van der Waals surface area contributed by atoms with Crippen molar-refractivity contribution in [3.63, 3.8) is 0 Å². The normalized spacial score (nSPS) is 12.5. The molecule has 1 N–H and O–H groups in total. The molecule has 0 saturated heterocycles. The van der Waals surface area contributed by atoms with Crippen LogP contribution in [0.5, 0.6) is 0 Å². The van der Waals surface area contributed by atoms with Crippen LogP contribution >= 0.6 is 0 Å². The zero-order valence-corrected chi connectivity index (χ0v) is 15.2. The van der Waals surface area contributed by atoms with Crippen molar-refractivity contribution in [2.24, 2.45) is 5.92 Å². The zero-order valence-electron chi connectivity index (χ0n) is 15.2. The summed E-state index contributed by atoms with van der Waals surface area (Å²) in [5.41, 5.74) is 0. The van der Waals surface area contributed by atoms with Gasteiger partial charge in [-0.3, -0.25) is 4.79 Å². The van der Waals surface area contributed by atoms with E-state index in [1.807, 2.05) is 0 Å². The van der Waals surface area contributed by atoms with Crippen LogP contribution in [-0.2, 0) is 4.79 Å². The molecule has 0 aliphatic heterocycles. The van der Waals surface area contributed by atoms with Crippen molar-refractivity contribution in [3.8, 4) is 0 Å². The molecule has 2 heteroatoms. The van der Waals surface area contributed by atoms with Crippen LogP contribution in [0.15, 0.2) is 0 Å². The first kappa shape index (κ1) is 21.5. The number of hydrogen-bond donors (Lipinski definition) is 1. The molecule has 0 fully saturated rings. The van der Waals surface area contributed by atoms with Gasteiger partial charge in [-0.15, -0.1) is 0 Å². The summed E-state index contributed by atoms with van der Waals surface area (Å²) in [4.78, 5) is 10.4. The Morgan fingerprint density at radius 3 is 1.45 bits per heavy atom. The van der Waals surface area contributed by atoms with Crippen LogP contribution in [0.2, 0.25) is 0 Å². The second-order valence-electron chi connectivity index (χ2n) is 7.04. The summed E-state index contributed by atoms with van der Waals surface area (Å²) >= 11 is 0. The number of carboxylic acids is 1. The second kappa shape index (κ2) is 16.8.